The largest absolute Gasteiger partial charge is 0.315 e. The highest BCUT2D eigenvalue weighted by Gasteiger charge is 2.11. The van der Waals surface area contributed by atoms with Crippen molar-refractivity contribution in [2.45, 2.75) is 26.8 Å². The first kappa shape index (κ1) is 10.9. The van der Waals surface area contributed by atoms with Gasteiger partial charge in [-0.25, -0.2) is 0 Å². The van der Waals surface area contributed by atoms with Crippen LogP contribution in [0.2, 0.25) is 0 Å². The molecule has 1 N–H and O–H groups in total. The lowest BCUT2D eigenvalue weighted by Crippen LogP contribution is -2.41. The molecule has 0 aliphatic rings. The van der Waals surface area contributed by atoms with Gasteiger partial charge in [-0.1, -0.05) is 20.8 Å². The van der Waals surface area contributed by atoms with Crippen molar-refractivity contribution in [1.82, 2.24) is 10.2 Å². The van der Waals surface area contributed by atoms with Gasteiger partial charge in [0.05, 0.1) is 0 Å². The lowest BCUT2D eigenvalue weighted by Gasteiger charge is -2.25. The smallest absolute Gasteiger partial charge is 0.0214 e. The zero-order chi connectivity index (χ0) is 8.85. The molecular weight excluding hydrogens is 136 g/mol. The number of nitrogens with zero attached hydrogens (tertiary/aromatic N) is 1. The van der Waals surface area contributed by atoms with Gasteiger partial charge in [-0.2, -0.15) is 0 Å². The topological polar surface area (TPSA) is 15.3 Å². The molecule has 2 nitrogen and oxygen atoms in total. The molecule has 0 spiro atoms. The van der Waals surface area contributed by atoms with E-state index in [4.69, 9.17) is 0 Å². The first-order valence-electron chi connectivity index (χ1n) is 4.47. The maximum Gasteiger partial charge on any atom is 0.0214 e. The number of likely N-dealkylation sites (N-methyl/N-ethyl adjacent to an activating group) is 2. The van der Waals surface area contributed by atoms with Crippen LogP contribution in [0.3, 0.4) is 0 Å². The number of rotatable bonds is 5. The van der Waals surface area contributed by atoms with Gasteiger partial charge in [0, 0.05) is 12.6 Å². The van der Waals surface area contributed by atoms with Crippen molar-refractivity contribution in [2.75, 3.05) is 27.2 Å². The van der Waals surface area contributed by atoms with E-state index in [0.29, 0.717) is 12.0 Å². The van der Waals surface area contributed by atoms with Crippen LogP contribution in [-0.2, 0) is 0 Å². The summed E-state index contributed by atoms with van der Waals surface area (Å²) >= 11 is 0. The van der Waals surface area contributed by atoms with Crippen LogP contribution in [0.25, 0.3) is 0 Å². The van der Waals surface area contributed by atoms with Crippen LogP contribution in [-0.4, -0.2) is 38.1 Å². The van der Waals surface area contributed by atoms with E-state index in [2.05, 4.69) is 38.0 Å². The fourth-order valence-electron chi connectivity index (χ4n) is 1.10. The van der Waals surface area contributed by atoms with E-state index in [1.807, 2.05) is 7.05 Å². The van der Waals surface area contributed by atoms with Crippen LogP contribution >= 0.6 is 0 Å². The predicted molar refractivity (Wildman–Crippen MR) is 50.9 cm³/mol. The zero-order valence-corrected chi connectivity index (χ0v) is 8.52. The van der Waals surface area contributed by atoms with Crippen molar-refractivity contribution in [1.29, 1.82) is 0 Å². The molecule has 0 bridgehead atoms. The van der Waals surface area contributed by atoms with Gasteiger partial charge in [0.1, 0.15) is 0 Å². The molecule has 0 aliphatic carbocycles. The Morgan fingerprint density at radius 1 is 1.36 bits per heavy atom. The van der Waals surface area contributed by atoms with Crippen LogP contribution in [0.4, 0.5) is 0 Å². The number of nitrogens with one attached hydrogen (secondary N) is 1. The Balaban J connectivity index is 3.68. The average Bonchev–Trinajstić information content (AvgIpc) is 1.99. The summed E-state index contributed by atoms with van der Waals surface area (Å²) in [6, 6.07) is 0.625. The normalized spacial score (nSPS) is 14.5. The molecule has 0 amide bonds. The first-order chi connectivity index (χ1) is 5.11. The predicted octanol–water partition coefficient (Wildman–Crippen LogP) is 1.18. The van der Waals surface area contributed by atoms with E-state index in [0.717, 1.165) is 13.1 Å². The molecule has 68 valence electrons. The number of hydrogen-bond donors (Lipinski definition) is 1. The summed E-state index contributed by atoms with van der Waals surface area (Å²) in [5.41, 5.74) is 0. The van der Waals surface area contributed by atoms with Crippen molar-refractivity contribution in [2.24, 2.45) is 5.92 Å². The average molecular weight is 158 g/mol. The van der Waals surface area contributed by atoms with Gasteiger partial charge < -0.3 is 10.2 Å². The summed E-state index contributed by atoms with van der Waals surface area (Å²) in [6.45, 7) is 8.97. The van der Waals surface area contributed by atoms with E-state index >= 15 is 0 Å². The molecule has 1 atom stereocenters. The maximum atomic E-state index is 3.33. The van der Waals surface area contributed by atoms with Gasteiger partial charge in [0.2, 0.25) is 0 Å². The summed E-state index contributed by atoms with van der Waals surface area (Å²) in [6.07, 6.45) is 0. The summed E-state index contributed by atoms with van der Waals surface area (Å²) in [5, 5.41) is 3.33. The van der Waals surface area contributed by atoms with Gasteiger partial charge in [0.15, 0.2) is 0 Å². The Kier molecular flexibility index (Phi) is 5.51. The molecule has 0 aromatic rings. The Hall–Kier alpha value is -0.0800. The molecule has 0 aliphatic heterocycles. The molecule has 0 aromatic heterocycles. The Bertz CT molecular complexity index is 91.6. The molecule has 1 unspecified atom stereocenters. The summed E-state index contributed by atoms with van der Waals surface area (Å²) < 4.78 is 0. The molecule has 0 radical (unpaired) electrons. The van der Waals surface area contributed by atoms with Crippen LogP contribution in [0.1, 0.15) is 20.8 Å². The van der Waals surface area contributed by atoms with Gasteiger partial charge in [-0.3, -0.25) is 0 Å². The van der Waals surface area contributed by atoms with Gasteiger partial charge in [-0.05, 0) is 26.6 Å². The van der Waals surface area contributed by atoms with Crippen LogP contribution in [0.5, 0.6) is 0 Å². The van der Waals surface area contributed by atoms with Gasteiger partial charge in [-0.15, -0.1) is 0 Å². The maximum absolute atomic E-state index is 3.33. The van der Waals surface area contributed by atoms with E-state index in [9.17, 15) is 0 Å². The van der Waals surface area contributed by atoms with E-state index in [1.54, 1.807) is 0 Å². The molecule has 0 heterocycles. The molecule has 0 rings (SSSR count). The van der Waals surface area contributed by atoms with Crippen molar-refractivity contribution in [3.05, 3.63) is 0 Å². The second kappa shape index (κ2) is 5.56. The lowest BCUT2D eigenvalue weighted by molar-refractivity contribution is 0.272. The molecule has 0 saturated carbocycles. The minimum absolute atomic E-state index is 0.625. The minimum atomic E-state index is 0.625. The third-order valence-corrected chi connectivity index (χ3v) is 2.22. The van der Waals surface area contributed by atoms with Gasteiger partial charge >= 0.3 is 0 Å². The molecule has 0 aromatic carbocycles. The summed E-state index contributed by atoms with van der Waals surface area (Å²) in [5.74, 6) is 0.717. The first-order valence-corrected chi connectivity index (χ1v) is 4.47. The monoisotopic (exact) mass is 158 g/mol. The summed E-state index contributed by atoms with van der Waals surface area (Å²) in [4.78, 5) is 2.33. The van der Waals surface area contributed by atoms with E-state index in [1.165, 1.54) is 0 Å². The van der Waals surface area contributed by atoms with Crippen LogP contribution < -0.4 is 5.32 Å². The van der Waals surface area contributed by atoms with Crippen molar-refractivity contribution in [3.8, 4) is 0 Å². The molecule has 0 saturated heterocycles. The van der Waals surface area contributed by atoms with Crippen molar-refractivity contribution < 1.29 is 0 Å². The molecular formula is C9H22N2. The Labute approximate surface area is 71.0 Å². The van der Waals surface area contributed by atoms with Crippen LogP contribution in [0.15, 0.2) is 0 Å². The fourth-order valence-corrected chi connectivity index (χ4v) is 1.10. The van der Waals surface area contributed by atoms with Crippen LogP contribution in [0, 0.1) is 5.92 Å². The number of hydrogen-bond acceptors (Lipinski definition) is 2. The molecule has 0 fully saturated rings. The zero-order valence-electron chi connectivity index (χ0n) is 8.52. The minimum Gasteiger partial charge on any atom is -0.315 e. The standard InChI is InChI=1S/C9H22N2/c1-6-11(5)7-9(10-4)8(2)3/h8-10H,6-7H2,1-5H3. The highest BCUT2D eigenvalue weighted by atomic mass is 15.1. The highest BCUT2D eigenvalue weighted by Crippen LogP contribution is 2.01. The second-order valence-corrected chi connectivity index (χ2v) is 3.49. The third-order valence-electron chi connectivity index (χ3n) is 2.22. The van der Waals surface area contributed by atoms with Crippen molar-refractivity contribution in [3.63, 3.8) is 0 Å². The summed E-state index contributed by atoms with van der Waals surface area (Å²) in [7, 11) is 4.20. The fraction of sp³-hybridized carbons (Fsp3) is 1.00. The van der Waals surface area contributed by atoms with Gasteiger partial charge in [0.25, 0.3) is 0 Å². The SMILES string of the molecule is CCN(C)CC(NC)C(C)C. The highest BCUT2D eigenvalue weighted by molar-refractivity contribution is 4.71. The second-order valence-electron chi connectivity index (χ2n) is 3.49. The van der Waals surface area contributed by atoms with E-state index in [-0.39, 0.29) is 0 Å². The third kappa shape index (κ3) is 4.38. The molecule has 11 heavy (non-hydrogen) atoms. The lowest BCUT2D eigenvalue weighted by atomic mass is 10.0. The Morgan fingerprint density at radius 2 is 1.91 bits per heavy atom. The Morgan fingerprint density at radius 3 is 2.18 bits per heavy atom. The molecule has 2 heteroatoms. The quantitative estimate of drug-likeness (QED) is 0.646. The van der Waals surface area contributed by atoms with Crippen molar-refractivity contribution >= 4 is 0 Å². The van der Waals surface area contributed by atoms with E-state index < -0.39 is 0 Å².